The summed E-state index contributed by atoms with van der Waals surface area (Å²) in [6, 6.07) is 1.23. The summed E-state index contributed by atoms with van der Waals surface area (Å²) in [5.41, 5.74) is 1.35. The molecule has 78 valence electrons. The van der Waals surface area contributed by atoms with Gasteiger partial charge in [-0.2, -0.15) is 0 Å². The third-order valence-electron chi connectivity index (χ3n) is 3.16. The molecule has 2 atom stereocenters. The zero-order chi connectivity index (χ0) is 9.97. The van der Waals surface area contributed by atoms with Crippen LogP contribution in [0.4, 0.5) is 0 Å². The Morgan fingerprint density at radius 1 is 1.43 bits per heavy atom. The van der Waals surface area contributed by atoms with Crippen molar-refractivity contribution in [3.05, 3.63) is 11.6 Å². The van der Waals surface area contributed by atoms with Crippen LogP contribution in [0.15, 0.2) is 11.6 Å². The average molecular weight is 195 g/mol. The van der Waals surface area contributed by atoms with Crippen molar-refractivity contribution in [3.8, 4) is 0 Å². The highest BCUT2D eigenvalue weighted by Crippen LogP contribution is 2.29. The smallest absolute Gasteiger partial charge is 0.307 e. The van der Waals surface area contributed by atoms with Gasteiger partial charge in [-0.05, 0) is 25.7 Å². The number of rotatable bonds is 2. The molecule has 2 rings (SSSR count). The van der Waals surface area contributed by atoms with Crippen molar-refractivity contribution in [1.82, 2.24) is 5.32 Å². The largest absolute Gasteiger partial charge is 0.481 e. The molecule has 0 saturated carbocycles. The fourth-order valence-corrected chi connectivity index (χ4v) is 2.55. The Kier molecular flexibility index (Phi) is 2.87. The van der Waals surface area contributed by atoms with Gasteiger partial charge in [-0.3, -0.25) is 4.79 Å². The summed E-state index contributed by atoms with van der Waals surface area (Å²) >= 11 is 0. The molecule has 2 bridgehead atoms. The molecule has 2 unspecified atom stereocenters. The molecule has 2 aliphatic heterocycles. The van der Waals surface area contributed by atoms with Gasteiger partial charge >= 0.3 is 5.97 Å². The normalized spacial score (nSPS) is 31.3. The molecule has 2 aliphatic rings. The van der Waals surface area contributed by atoms with Crippen LogP contribution < -0.4 is 5.32 Å². The highest BCUT2D eigenvalue weighted by atomic mass is 16.4. The van der Waals surface area contributed by atoms with Gasteiger partial charge in [0, 0.05) is 12.1 Å². The molecule has 0 aromatic rings. The molecule has 2 fully saturated rings. The summed E-state index contributed by atoms with van der Waals surface area (Å²) in [4.78, 5) is 10.4. The van der Waals surface area contributed by atoms with Crippen LogP contribution in [0.3, 0.4) is 0 Å². The molecule has 2 N–H and O–H groups in total. The fourth-order valence-electron chi connectivity index (χ4n) is 2.55. The van der Waals surface area contributed by atoms with E-state index in [2.05, 4.69) is 5.32 Å². The van der Waals surface area contributed by atoms with E-state index in [9.17, 15) is 4.79 Å². The van der Waals surface area contributed by atoms with Crippen molar-refractivity contribution >= 4 is 5.97 Å². The zero-order valence-corrected chi connectivity index (χ0v) is 8.33. The monoisotopic (exact) mass is 195 g/mol. The Morgan fingerprint density at radius 3 is 2.64 bits per heavy atom. The summed E-state index contributed by atoms with van der Waals surface area (Å²) in [5.74, 6) is -0.721. The van der Waals surface area contributed by atoms with Gasteiger partial charge in [0.2, 0.25) is 0 Å². The lowest BCUT2D eigenvalue weighted by molar-refractivity contribution is -0.136. The number of hydrogen-bond acceptors (Lipinski definition) is 2. The molecule has 0 amide bonds. The lowest BCUT2D eigenvalue weighted by Crippen LogP contribution is -2.46. The maximum absolute atomic E-state index is 10.4. The van der Waals surface area contributed by atoms with Crippen molar-refractivity contribution in [2.24, 2.45) is 0 Å². The van der Waals surface area contributed by atoms with E-state index in [0.29, 0.717) is 12.1 Å². The van der Waals surface area contributed by atoms with E-state index in [0.717, 1.165) is 12.8 Å². The Bertz CT molecular complexity index is 246. The first kappa shape index (κ1) is 9.71. The van der Waals surface area contributed by atoms with Crippen molar-refractivity contribution in [1.29, 1.82) is 0 Å². The Labute approximate surface area is 84.2 Å². The predicted octanol–water partition coefficient (Wildman–Crippen LogP) is 1.69. The highest BCUT2D eigenvalue weighted by molar-refractivity contribution is 5.68. The maximum atomic E-state index is 10.4. The molecule has 3 heteroatoms. The SMILES string of the molecule is O=C(O)CC=C1CC2CCCC(C1)N2. The van der Waals surface area contributed by atoms with Crippen LogP contribution in [-0.4, -0.2) is 23.2 Å². The number of carbonyl (C=O) groups is 1. The lowest BCUT2D eigenvalue weighted by atomic mass is 9.83. The summed E-state index contributed by atoms with van der Waals surface area (Å²) in [7, 11) is 0. The van der Waals surface area contributed by atoms with Crippen molar-refractivity contribution < 1.29 is 9.90 Å². The van der Waals surface area contributed by atoms with Gasteiger partial charge in [0.1, 0.15) is 0 Å². The van der Waals surface area contributed by atoms with Crippen molar-refractivity contribution in [2.75, 3.05) is 0 Å². The number of aliphatic carboxylic acids is 1. The van der Waals surface area contributed by atoms with Crippen LogP contribution in [0, 0.1) is 0 Å². The molecular formula is C11H17NO2. The number of carboxylic acids is 1. The third-order valence-corrected chi connectivity index (χ3v) is 3.16. The second-order valence-electron chi connectivity index (χ2n) is 4.36. The summed E-state index contributed by atoms with van der Waals surface area (Å²) in [6.45, 7) is 0. The van der Waals surface area contributed by atoms with Crippen LogP contribution in [0.1, 0.15) is 38.5 Å². The van der Waals surface area contributed by atoms with Gasteiger partial charge in [-0.1, -0.05) is 18.1 Å². The van der Waals surface area contributed by atoms with Crippen LogP contribution in [-0.2, 0) is 4.79 Å². The predicted molar refractivity (Wildman–Crippen MR) is 54.1 cm³/mol. The van der Waals surface area contributed by atoms with E-state index in [1.54, 1.807) is 0 Å². The summed E-state index contributed by atoms with van der Waals surface area (Å²) in [6.07, 6.45) is 8.05. The second kappa shape index (κ2) is 4.13. The molecule has 0 spiro atoms. The number of piperidine rings is 2. The van der Waals surface area contributed by atoms with Gasteiger partial charge in [0.05, 0.1) is 6.42 Å². The van der Waals surface area contributed by atoms with Crippen LogP contribution in [0.25, 0.3) is 0 Å². The standard InChI is InChI=1S/C11H17NO2/c13-11(14)5-4-8-6-9-2-1-3-10(7-8)12-9/h4,9-10,12H,1-3,5-7H2,(H,13,14). The molecule has 0 aliphatic carbocycles. The van der Waals surface area contributed by atoms with Gasteiger partial charge in [-0.15, -0.1) is 0 Å². The number of fused-ring (bicyclic) bond motifs is 2. The number of hydrogen-bond donors (Lipinski definition) is 2. The minimum atomic E-state index is -0.721. The summed E-state index contributed by atoms with van der Waals surface area (Å²) < 4.78 is 0. The minimum Gasteiger partial charge on any atom is -0.481 e. The van der Waals surface area contributed by atoms with Gasteiger partial charge in [-0.25, -0.2) is 0 Å². The number of carboxylic acid groups (broad SMARTS) is 1. The fraction of sp³-hybridized carbons (Fsp3) is 0.727. The number of nitrogens with one attached hydrogen (secondary N) is 1. The molecule has 0 aromatic carbocycles. The topological polar surface area (TPSA) is 49.3 Å². The van der Waals surface area contributed by atoms with Gasteiger partial charge in [0.25, 0.3) is 0 Å². The van der Waals surface area contributed by atoms with E-state index in [-0.39, 0.29) is 6.42 Å². The quantitative estimate of drug-likeness (QED) is 0.659. The maximum Gasteiger partial charge on any atom is 0.307 e. The molecule has 2 heterocycles. The second-order valence-corrected chi connectivity index (χ2v) is 4.36. The Balaban J connectivity index is 1.94. The molecule has 2 saturated heterocycles. The van der Waals surface area contributed by atoms with E-state index in [1.807, 2.05) is 6.08 Å². The van der Waals surface area contributed by atoms with Crippen LogP contribution in [0.5, 0.6) is 0 Å². The van der Waals surface area contributed by atoms with Crippen LogP contribution in [0.2, 0.25) is 0 Å². The van der Waals surface area contributed by atoms with Crippen molar-refractivity contribution in [2.45, 2.75) is 50.6 Å². The van der Waals surface area contributed by atoms with Crippen LogP contribution >= 0.6 is 0 Å². The molecule has 0 radical (unpaired) electrons. The first-order chi connectivity index (χ1) is 6.74. The van der Waals surface area contributed by atoms with Gasteiger partial charge in [0.15, 0.2) is 0 Å². The molecule has 0 aromatic heterocycles. The van der Waals surface area contributed by atoms with E-state index in [4.69, 9.17) is 5.11 Å². The zero-order valence-electron chi connectivity index (χ0n) is 8.33. The molecule has 3 nitrogen and oxygen atoms in total. The summed E-state index contributed by atoms with van der Waals surface area (Å²) in [5, 5.41) is 12.2. The highest BCUT2D eigenvalue weighted by Gasteiger charge is 2.27. The Morgan fingerprint density at radius 2 is 2.07 bits per heavy atom. The van der Waals surface area contributed by atoms with E-state index < -0.39 is 5.97 Å². The van der Waals surface area contributed by atoms with Gasteiger partial charge < -0.3 is 10.4 Å². The van der Waals surface area contributed by atoms with E-state index in [1.165, 1.54) is 24.8 Å². The average Bonchev–Trinajstić information content (AvgIpc) is 2.14. The lowest BCUT2D eigenvalue weighted by Gasteiger charge is -2.37. The van der Waals surface area contributed by atoms with Crippen molar-refractivity contribution in [3.63, 3.8) is 0 Å². The van der Waals surface area contributed by atoms with E-state index >= 15 is 0 Å². The first-order valence-electron chi connectivity index (χ1n) is 5.40. The first-order valence-corrected chi connectivity index (χ1v) is 5.40. The third kappa shape index (κ3) is 2.35. The minimum absolute atomic E-state index is 0.189. The molecular weight excluding hydrogens is 178 g/mol. The molecule has 14 heavy (non-hydrogen) atoms. The Hall–Kier alpha value is -0.830.